The van der Waals surface area contributed by atoms with E-state index in [2.05, 4.69) is 53.3 Å². The Balaban J connectivity index is 1.24. The molecule has 0 spiro atoms. The SMILES string of the molecule is CCc1cc(CN2CCc3cccc(-c4cccc(-n5ncc(C(=O)O)c5CC)n4)c32)ccc1C1CCN(CC(F)(F)F)CC1. The predicted molar refractivity (Wildman–Crippen MR) is 168 cm³/mol. The number of carboxylic acids is 1. The topological polar surface area (TPSA) is 74.5 Å². The maximum atomic E-state index is 12.9. The molecule has 0 aliphatic carbocycles. The Morgan fingerprint density at radius 3 is 2.49 bits per heavy atom. The molecule has 2 aliphatic rings. The predicted octanol–water partition coefficient (Wildman–Crippen LogP) is 7.06. The molecule has 7 nitrogen and oxygen atoms in total. The number of aromatic carboxylic acids is 1. The number of aromatic nitrogens is 3. The van der Waals surface area contributed by atoms with Gasteiger partial charge in [-0.1, -0.05) is 56.3 Å². The van der Waals surface area contributed by atoms with Crippen LogP contribution < -0.4 is 4.90 Å². The van der Waals surface area contributed by atoms with Crippen LogP contribution in [0.1, 0.15) is 70.9 Å². The highest BCUT2D eigenvalue weighted by molar-refractivity contribution is 5.89. The smallest absolute Gasteiger partial charge is 0.401 e. The monoisotopic (exact) mass is 617 g/mol. The van der Waals surface area contributed by atoms with Crippen molar-refractivity contribution in [2.24, 2.45) is 0 Å². The van der Waals surface area contributed by atoms with Crippen LogP contribution in [0.3, 0.4) is 0 Å². The number of hydrogen-bond acceptors (Lipinski definition) is 5. The number of carbonyl (C=O) groups is 1. The van der Waals surface area contributed by atoms with E-state index in [1.54, 1.807) is 4.68 Å². The Labute approximate surface area is 261 Å². The molecule has 4 aromatic rings. The summed E-state index contributed by atoms with van der Waals surface area (Å²) in [5.74, 6) is -0.145. The summed E-state index contributed by atoms with van der Waals surface area (Å²) in [6, 6.07) is 18.7. The number of likely N-dealkylation sites (tertiary alicyclic amines) is 1. The fourth-order valence-corrected chi connectivity index (χ4v) is 7.02. The standard InChI is InChI=1S/C35H38F3N5O2/c1-3-24-19-23(11-12-27(24)25-13-16-41(17-14-25)22-35(36,37)38)21-42-18-15-26-7-5-8-28(33(26)42)30-9-6-10-32(40-30)43-31(4-2)29(20-39-43)34(44)45/h5-12,19-20,25H,3-4,13-18,21-22H2,1-2H3,(H,44,45). The zero-order chi connectivity index (χ0) is 31.7. The average Bonchev–Trinajstić information content (AvgIpc) is 3.65. The lowest BCUT2D eigenvalue weighted by molar-refractivity contribution is -0.147. The summed E-state index contributed by atoms with van der Waals surface area (Å²) in [7, 11) is 0. The van der Waals surface area contributed by atoms with E-state index in [9.17, 15) is 23.1 Å². The molecule has 1 saturated heterocycles. The number of benzene rings is 2. The molecule has 6 rings (SSSR count). The van der Waals surface area contributed by atoms with Crippen LogP contribution in [0.5, 0.6) is 0 Å². The van der Waals surface area contributed by atoms with Crippen LogP contribution in [-0.2, 0) is 25.8 Å². The van der Waals surface area contributed by atoms with E-state index in [4.69, 9.17) is 4.98 Å². The molecule has 236 valence electrons. The zero-order valence-corrected chi connectivity index (χ0v) is 25.6. The molecular formula is C35H38F3N5O2. The molecule has 10 heteroatoms. The van der Waals surface area contributed by atoms with Crippen LogP contribution in [0.4, 0.5) is 18.9 Å². The van der Waals surface area contributed by atoms with Gasteiger partial charge in [-0.05, 0) is 85.5 Å². The number of rotatable bonds is 9. The summed E-state index contributed by atoms with van der Waals surface area (Å²) in [4.78, 5) is 20.6. The number of halogens is 3. The second kappa shape index (κ2) is 12.7. The number of piperidine rings is 1. The summed E-state index contributed by atoms with van der Waals surface area (Å²) in [6.07, 6.45) is 1.03. The highest BCUT2D eigenvalue weighted by Gasteiger charge is 2.33. The first-order valence-electron chi connectivity index (χ1n) is 15.7. The highest BCUT2D eigenvalue weighted by atomic mass is 19.4. The number of nitrogens with zero attached hydrogens (tertiary/aromatic N) is 5. The van der Waals surface area contributed by atoms with Crippen molar-refractivity contribution in [3.63, 3.8) is 0 Å². The largest absolute Gasteiger partial charge is 0.478 e. The number of aryl methyl sites for hydroxylation is 1. The number of pyridine rings is 1. The molecule has 4 heterocycles. The Morgan fingerprint density at radius 2 is 1.78 bits per heavy atom. The van der Waals surface area contributed by atoms with Crippen molar-refractivity contribution in [3.8, 4) is 17.1 Å². The molecule has 0 amide bonds. The van der Waals surface area contributed by atoms with Crippen LogP contribution >= 0.6 is 0 Å². The first-order valence-corrected chi connectivity index (χ1v) is 15.7. The average molecular weight is 618 g/mol. The maximum absolute atomic E-state index is 12.9. The van der Waals surface area contributed by atoms with Crippen LogP contribution in [0.2, 0.25) is 0 Å². The minimum absolute atomic E-state index is 0.181. The van der Waals surface area contributed by atoms with E-state index in [0.29, 0.717) is 31.0 Å². The Morgan fingerprint density at radius 1 is 1.00 bits per heavy atom. The van der Waals surface area contributed by atoms with Gasteiger partial charge >= 0.3 is 12.1 Å². The molecule has 0 bridgehead atoms. The maximum Gasteiger partial charge on any atom is 0.401 e. The van der Waals surface area contributed by atoms with E-state index >= 15 is 0 Å². The van der Waals surface area contributed by atoms with Crippen LogP contribution in [0, 0.1) is 0 Å². The summed E-state index contributed by atoms with van der Waals surface area (Å²) in [5.41, 5.74) is 8.78. The van der Waals surface area contributed by atoms with Crippen molar-refractivity contribution >= 4 is 11.7 Å². The van der Waals surface area contributed by atoms with Gasteiger partial charge < -0.3 is 10.0 Å². The second-order valence-electron chi connectivity index (χ2n) is 12.0. The number of para-hydroxylation sites is 1. The molecular weight excluding hydrogens is 579 g/mol. The quantitative estimate of drug-likeness (QED) is 0.217. The molecule has 0 atom stereocenters. The second-order valence-corrected chi connectivity index (χ2v) is 12.0. The lowest BCUT2D eigenvalue weighted by Gasteiger charge is -2.33. The van der Waals surface area contributed by atoms with Gasteiger partial charge in [0.15, 0.2) is 5.82 Å². The molecule has 2 aromatic carbocycles. The van der Waals surface area contributed by atoms with Gasteiger partial charge in [-0.15, -0.1) is 0 Å². The van der Waals surface area contributed by atoms with Gasteiger partial charge in [0.25, 0.3) is 0 Å². The van der Waals surface area contributed by atoms with Crippen LogP contribution in [0.25, 0.3) is 17.1 Å². The third-order valence-corrected chi connectivity index (χ3v) is 9.14. The van der Waals surface area contributed by atoms with Gasteiger partial charge in [0.1, 0.15) is 5.56 Å². The van der Waals surface area contributed by atoms with Gasteiger partial charge in [-0.3, -0.25) is 4.90 Å². The Hall–Kier alpha value is -4.18. The fourth-order valence-electron chi connectivity index (χ4n) is 7.02. The highest BCUT2D eigenvalue weighted by Crippen LogP contribution is 2.39. The lowest BCUT2D eigenvalue weighted by Crippen LogP contribution is -2.39. The minimum Gasteiger partial charge on any atom is -0.478 e. The van der Waals surface area contributed by atoms with Crippen molar-refractivity contribution in [3.05, 3.63) is 94.3 Å². The number of anilines is 1. The van der Waals surface area contributed by atoms with Crippen LogP contribution in [-0.4, -0.2) is 63.1 Å². The first-order chi connectivity index (χ1) is 21.6. The van der Waals surface area contributed by atoms with E-state index < -0.39 is 18.7 Å². The van der Waals surface area contributed by atoms with Gasteiger partial charge in [-0.2, -0.15) is 18.3 Å². The van der Waals surface area contributed by atoms with E-state index in [-0.39, 0.29) is 11.5 Å². The van der Waals surface area contributed by atoms with Crippen molar-refractivity contribution < 1.29 is 23.1 Å². The van der Waals surface area contributed by atoms with E-state index in [1.165, 1.54) is 33.4 Å². The molecule has 1 N–H and O–H groups in total. The summed E-state index contributed by atoms with van der Waals surface area (Å²) >= 11 is 0. The molecule has 2 aliphatic heterocycles. The normalized spacial score (nSPS) is 15.9. The number of carboxylic acid groups (broad SMARTS) is 1. The van der Waals surface area contributed by atoms with Gasteiger partial charge in [0, 0.05) is 24.3 Å². The van der Waals surface area contributed by atoms with Crippen molar-refractivity contribution in [1.82, 2.24) is 19.7 Å². The van der Waals surface area contributed by atoms with Gasteiger partial charge in [-0.25, -0.2) is 14.5 Å². The van der Waals surface area contributed by atoms with E-state index in [0.717, 1.165) is 55.7 Å². The molecule has 0 saturated carbocycles. The molecule has 0 radical (unpaired) electrons. The first kappa shape index (κ1) is 30.8. The molecule has 2 aromatic heterocycles. The van der Waals surface area contributed by atoms with Crippen molar-refractivity contribution in [1.29, 1.82) is 0 Å². The number of alkyl halides is 3. The molecule has 1 fully saturated rings. The third-order valence-electron chi connectivity index (χ3n) is 9.14. The summed E-state index contributed by atoms with van der Waals surface area (Å²) in [5, 5.41) is 13.9. The Kier molecular flexibility index (Phi) is 8.68. The number of fused-ring (bicyclic) bond motifs is 1. The van der Waals surface area contributed by atoms with Gasteiger partial charge in [0.05, 0.1) is 24.1 Å². The molecule has 0 unspecified atom stereocenters. The fraction of sp³-hybridized carbons (Fsp3) is 0.400. The lowest BCUT2D eigenvalue weighted by atomic mass is 9.85. The van der Waals surface area contributed by atoms with Crippen LogP contribution in [0.15, 0.2) is 60.8 Å². The zero-order valence-electron chi connectivity index (χ0n) is 25.6. The van der Waals surface area contributed by atoms with E-state index in [1.807, 2.05) is 25.1 Å². The Bertz CT molecular complexity index is 1690. The van der Waals surface area contributed by atoms with Crippen molar-refractivity contribution in [2.75, 3.05) is 31.1 Å². The summed E-state index contributed by atoms with van der Waals surface area (Å²) in [6.45, 7) is 5.79. The number of hydrogen-bond donors (Lipinski definition) is 1. The summed E-state index contributed by atoms with van der Waals surface area (Å²) < 4.78 is 40.2. The molecule has 45 heavy (non-hydrogen) atoms. The van der Waals surface area contributed by atoms with Crippen molar-refractivity contribution in [2.45, 2.75) is 64.6 Å². The third kappa shape index (κ3) is 6.47. The minimum atomic E-state index is -4.15. The van der Waals surface area contributed by atoms with Gasteiger partial charge in [0.2, 0.25) is 0 Å².